The van der Waals surface area contributed by atoms with Crippen LogP contribution < -0.4 is 0 Å². The fraction of sp³-hybridized carbons (Fsp3) is 0.478. The second-order valence-corrected chi connectivity index (χ2v) is 7.73. The summed E-state index contributed by atoms with van der Waals surface area (Å²) in [6.45, 7) is 2.28. The molecule has 0 radical (unpaired) electrons. The quantitative estimate of drug-likeness (QED) is 0.299. The molecule has 0 spiro atoms. The molecule has 0 heterocycles. The van der Waals surface area contributed by atoms with E-state index in [1.54, 1.807) is 0 Å². The van der Waals surface area contributed by atoms with E-state index in [2.05, 4.69) is 76.8 Å². The molecule has 1 heteroatoms. The molecule has 130 valence electrons. The minimum Gasteiger partial charge on any atom is -0.133 e. The molecule has 0 saturated carbocycles. The first kappa shape index (κ1) is 19.2. The average molecular weight is 340 g/mol. The Morgan fingerprint density at radius 2 is 1.12 bits per heavy atom. The summed E-state index contributed by atoms with van der Waals surface area (Å²) in [5, 5.41) is 0. The van der Waals surface area contributed by atoms with Crippen molar-refractivity contribution in [3.8, 4) is 0 Å². The molecule has 0 saturated heterocycles. The van der Waals surface area contributed by atoms with Crippen molar-refractivity contribution in [1.82, 2.24) is 0 Å². The Labute approximate surface area is 151 Å². The largest absolute Gasteiger partial charge is 0.133 e. The molecular formula is C23H33P. The van der Waals surface area contributed by atoms with Crippen molar-refractivity contribution >= 4 is 9.24 Å². The molecule has 0 aromatic heterocycles. The summed E-state index contributed by atoms with van der Waals surface area (Å²) in [6, 6.07) is 22.0. The van der Waals surface area contributed by atoms with Crippen LogP contribution in [0, 0.1) is 0 Å². The minimum absolute atomic E-state index is 0.484. The molecule has 2 unspecified atom stereocenters. The van der Waals surface area contributed by atoms with Crippen LogP contribution in [0.5, 0.6) is 0 Å². The summed E-state index contributed by atoms with van der Waals surface area (Å²) in [7, 11) is 3.13. The Morgan fingerprint density at radius 1 is 0.667 bits per heavy atom. The molecule has 24 heavy (non-hydrogen) atoms. The highest BCUT2D eigenvalue weighted by Crippen LogP contribution is 2.35. The maximum atomic E-state index is 3.13. The van der Waals surface area contributed by atoms with E-state index < -0.39 is 0 Å². The third-order valence-electron chi connectivity index (χ3n) is 4.89. The van der Waals surface area contributed by atoms with E-state index >= 15 is 0 Å². The van der Waals surface area contributed by atoms with Gasteiger partial charge in [-0.05, 0) is 23.2 Å². The van der Waals surface area contributed by atoms with Gasteiger partial charge in [0, 0.05) is 5.92 Å². The van der Waals surface area contributed by atoms with Gasteiger partial charge in [0.2, 0.25) is 0 Å². The fourth-order valence-electron chi connectivity index (χ4n) is 3.51. The van der Waals surface area contributed by atoms with E-state index in [9.17, 15) is 0 Å². The second kappa shape index (κ2) is 11.4. The molecule has 0 aliphatic heterocycles. The lowest BCUT2D eigenvalue weighted by atomic mass is 9.86. The smallest absolute Gasteiger partial charge is 0.0152 e. The Bertz CT molecular complexity index is 495. The highest BCUT2D eigenvalue weighted by atomic mass is 31.0. The Hall–Kier alpha value is -1.13. The molecule has 2 aromatic carbocycles. The molecule has 0 fully saturated rings. The zero-order valence-electron chi connectivity index (χ0n) is 15.2. The molecule has 2 atom stereocenters. The van der Waals surface area contributed by atoms with Gasteiger partial charge in [0.05, 0.1) is 0 Å². The van der Waals surface area contributed by atoms with Crippen LogP contribution in [0.1, 0.15) is 75.3 Å². The van der Waals surface area contributed by atoms with E-state index in [4.69, 9.17) is 0 Å². The molecule has 0 aliphatic rings. The Kier molecular flexibility index (Phi) is 9.14. The van der Waals surface area contributed by atoms with E-state index in [1.165, 1.54) is 62.5 Å². The minimum atomic E-state index is 0.484. The van der Waals surface area contributed by atoms with Crippen molar-refractivity contribution in [3.63, 3.8) is 0 Å². The Balaban J connectivity index is 1.90. The Morgan fingerprint density at radius 3 is 1.62 bits per heavy atom. The van der Waals surface area contributed by atoms with Gasteiger partial charge in [0.15, 0.2) is 0 Å². The predicted octanol–water partition coefficient (Wildman–Crippen LogP) is 7.20. The summed E-state index contributed by atoms with van der Waals surface area (Å²) >= 11 is 0. The lowest BCUT2D eigenvalue weighted by Crippen LogP contribution is -2.14. The number of hydrogen-bond donors (Lipinski definition) is 0. The van der Waals surface area contributed by atoms with Gasteiger partial charge in [-0.3, -0.25) is 0 Å². The molecule has 0 N–H and O–H groups in total. The van der Waals surface area contributed by atoms with Crippen molar-refractivity contribution in [1.29, 1.82) is 0 Å². The molecular weight excluding hydrogens is 307 g/mol. The van der Waals surface area contributed by atoms with Gasteiger partial charge in [-0.25, -0.2) is 0 Å². The van der Waals surface area contributed by atoms with Crippen LogP contribution in [0.3, 0.4) is 0 Å². The molecule has 0 nitrogen and oxygen atoms in total. The van der Waals surface area contributed by atoms with E-state index in [-0.39, 0.29) is 0 Å². The van der Waals surface area contributed by atoms with E-state index in [0.29, 0.717) is 11.6 Å². The van der Waals surface area contributed by atoms with Crippen molar-refractivity contribution < 1.29 is 0 Å². The van der Waals surface area contributed by atoms with Crippen molar-refractivity contribution in [2.75, 3.05) is 0 Å². The third-order valence-corrected chi connectivity index (χ3v) is 5.60. The fourth-order valence-corrected chi connectivity index (χ4v) is 4.19. The standard InChI is InChI=1S/C23H33P/c1-2-3-4-5-6-7-14-19-22(24)23(20-15-10-8-11-16-20)21-17-12-9-13-18-21/h8-13,15-18,22-23H,2-7,14,19,24H2,1H3. The van der Waals surface area contributed by atoms with Gasteiger partial charge in [0.25, 0.3) is 0 Å². The van der Waals surface area contributed by atoms with Crippen LogP contribution >= 0.6 is 9.24 Å². The highest BCUT2D eigenvalue weighted by Gasteiger charge is 2.20. The zero-order chi connectivity index (χ0) is 17.0. The topological polar surface area (TPSA) is 0 Å². The van der Waals surface area contributed by atoms with Crippen LogP contribution in [0.25, 0.3) is 0 Å². The lowest BCUT2D eigenvalue weighted by Gasteiger charge is -2.25. The van der Waals surface area contributed by atoms with Crippen LogP contribution in [0.4, 0.5) is 0 Å². The monoisotopic (exact) mass is 340 g/mol. The summed E-state index contributed by atoms with van der Waals surface area (Å²) in [5.41, 5.74) is 3.48. The van der Waals surface area contributed by atoms with Crippen LogP contribution in [0.15, 0.2) is 60.7 Å². The summed E-state index contributed by atoms with van der Waals surface area (Å²) in [5.74, 6) is 0.484. The molecule has 2 aromatic rings. The first-order valence-corrected chi connectivity index (χ1v) is 10.3. The zero-order valence-corrected chi connectivity index (χ0v) is 16.3. The number of hydrogen-bond acceptors (Lipinski definition) is 0. The van der Waals surface area contributed by atoms with Gasteiger partial charge in [-0.1, -0.05) is 113 Å². The van der Waals surface area contributed by atoms with Gasteiger partial charge in [0.1, 0.15) is 0 Å². The maximum Gasteiger partial charge on any atom is 0.0152 e. The van der Waals surface area contributed by atoms with Crippen LogP contribution in [-0.4, -0.2) is 5.66 Å². The predicted molar refractivity (Wildman–Crippen MR) is 111 cm³/mol. The summed E-state index contributed by atoms with van der Waals surface area (Å²) < 4.78 is 0. The third kappa shape index (κ3) is 6.40. The normalized spacial score (nSPS) is 12.5. The van der Waals surface area contributed by atoms with E-state index in [0.717, 1.165) is 0 Å². The second-order valence-electron chi connectivity index (χ2n) is 6.87. The molecule has 0 aliphatic carbocycles. The summed E-state index contributed by atoms with van der Waals surface area (Å²) in [4.78, 5) is 0. The van der Waals surface area contributed by atoms with Crippen molar-refractivity contribution in [3.05, 3.63) is 71.8 Å². The van der Waals surface area contributed by atoms with Gasteiger partial charge < -0.3 is 0 Å². The van der Waals surface area contributed by atoms with Gasteiger partial charge in [-0.15, -0.1) is 9.24 Å². The molecule has 0 amide bonds. The highest BCUT2D eigenvalue weighted by molar-refractivity contribution is 7.17. The average Bonchev–Trinajstić information content (AvgIpc) is 2.63. The first-order valence-electron chi connectivity index (χ1n) is 9.68. The number of unbranched alkanes of at least 4 members (excludes halogenated alkanes) is 6. The summed E-state index contributed by atoms with van der Waals surface area (Å²) in [6.07, 6.45) is 11.0. The van der Waals surface area contributed by atoms with Crippen molar-refractivity contribution in [2.24, 2.45) is 0 Å². The molecule has 0 bridgehead atoms. The van der Waals surface area contributed by atoms with Gasteiger partial charge >= 0.3 is 0 Å². The van der Waals surface area contributed by atoms with Crippen molar-refractivity contribution in [2.45, 2.75) is 69.9 Å². The maximum absolute atomic E-state index is 3.13. The van der Waals surface area contributed by atoms with Crippen LogP contribution in [0.2, 0.25) is 0 Å². The number of rotatable bonds is 11. The molecule has 2 rings (SSSR count). The first-order chi connectivity index (χ1) is 11.8. The van der Waals surface area contributed by atoms with Gasteiger partial charge in [-0.2, -0.15) is 0 Å². The SMILES string of the molecule is CCCCCCCCCC(P)C(c1ccccc1)c1ccccc1. The lowest BCUT2D eigenvalue weighted by molar-refractivity contribution is 0.557. The van der Waals surface area contributed by atoms with Crippen LogP contribution in [-0.2, 0) is 0 Å². The van der Waals surface area contributed by atoms with E-state index in [1.807, 2.05) is 0 Å². The number of benzene rings is 2.